The van der Waals surface area contributed by atoms with E-state index >= 15 is 0 Å². The van der Waals surface area contributed by atoms with Crippen LogP contribution in [0.4, 0.5) is 11.5 Å². The fourth-order valence-corrected chi connectivity index (χ4v) is 1.98. The van der Waals surface area contributed by atoms with Gasteiger partial charge in [0, 0.05) is 12.4 Å². The van der Waals surface area contributed by atoms with E-state index in [1.165, 1.54) is 12.3 Å². The molecule has 7 heteroatoms. The molecule has 1 N–H and O–H groups in total. The van der Waals surface area contributed by atoms with Crippen LogP contribution in [0.5, 0.6) is 0 Å². The second kappa shape index (κ2) is 6.43. The molecule has 2 aromatic heterocycles. The van der Waals surface area contributed by atoms with E-state index < -0.39 is 4.92 Å². The van der Waals surface area contributed by atoms with Crippen LogP contribution in [0, 0.1) is 21.4 Å². The Morgan fingerprint density at radius 3 is 2.86 bits per heavy atom. The highest BCUT2D eigenvalue weighted by Gasteiger charge is 2.21. The summed E-state index contributed by atoms with van der Waals surface area (Å²) in [5.74, 6) is 0.0757. The first-order chi connectivity index (χ1) is 10.2. The summed E-state index contributed by atoms with van der Waals surface area (Å²) in [6, 6.07) is 6.92. The molecular formula is C14H13N5O2. The van der Waals surface area contributed by atoms with Gasteiger partial charge in [-0.15, -0.1) is 0 Å². The Labute approximate surface area is 121 Å². The van der Waals surface area contributed by atoms with Crippen LogP contribution in [0.25, 0.3) is 0 Å². The van der Waals surface area contributed by atoms with Gasteiger partial charge in [-0.1, -0.05) is 13.0 Å². The maximum Gasteiger partial charge on any atom is 0.328 e. The molecule has 21 heavy (non-hydrogen) atoms. The van der Waals surface area contributed by atoms with Crippen molar-refractivity contribution >= 4 is 11.5 Å². The number of nitrogens with zero attached hydrogens (tertiary/aromatic N) is 4. The summed E-state index contributed by atoms with van der Waals surface area (Å²) in [5, 5.41) is 22.9. The Morgan fingerprint density at radius 1 is 1.38 bits per heavy atom. The number of aryl methyl sites for hydroxylation is 1. The molecule has 0 radical (unpaired) electrons. The van der Waals surface area contributed by atoms with Gasteiger partial charge in [0.2, 0.25) is 5.82 Å². The molecule has 0 bridgehead atoms. The number of nitrogens with one attached hydrogen (secondary N) is 1. The van der Waals surface area contributed by atoms with Gasteiger partial charge in [-0.25, -0.2) is 4.98 Å². The van der Waals surface area contributed by atoms with Crippen molar-refractivity contribution in [3.8, 4) is 6.07 Å². The number of nitriles is 1. The van der Waals surface area contributed by atoms with E-state index in [1.807, 2.05) is 19.1 Å². The molecule has 0 amide bonds. The zero-order valence-electron chi connectivity index (χ0n) is 11.4. The molecule has 0 saturated heterocycles. The lowest BCUT2D eigenvalue weighted by molar-refractivity contribution is -0.384. The van der Waals surface area contributed by atoms with Crippen molar-refractivity contribution in [2.45, 2.75) is 19.9 Å². The van der Waals surface area contributed by atoms with Crippen molar-refractivity contribution in [1.29, 1.82) is 5.26 Å². The van der Waals surface area contributed by atoms with Crippen LogP contribution in [0.2, 0.25) is 0 Å². The molecule has 7 nitrogen and oxygen atoms in total. The predicted molar refractivity (Wildman–Crippen MR) is 76.5 cm³/mol. The van der Waals surface area contributed by atoms with Crippen molar-refractivity contribution in [3.05, 3.63) is 57.5 Å². The molecule has 0 saturated carbocycles. The molecule has 0 aliphatic heterocycles. The Hall–Kier alpha value is -3.01. The van der Waals surface area contributed by atoms with Gasteiger partial charge in [-0.05, 0) is 24.1 Å². The quantitative estimate of drug-likeness (QED) is 0.667. The van der Waals surface area contributed by atoms with Gasteiger partial charge in [0.25, 0.3) is 0 Å². The first-order valence-corrected chi connectivity index (χ1v) is 6.37. The largest absolute Gasteiger partial charge is 0.359 e. The number of anilines is 1. The Morgan fingerprint density at radius 2 is 2.19 bits per heavy atom. The van der Waals surface area contributed by atoms with Crippen molar-refractivity contribution in [1.82, 2.24) is 9.97 Å². The average molecular weight is 283 g/mol. The number of hydrogen-bond acceptors (Lipinski definition) is 6. The topological polar surface area (TPSA) is 105 Å². The molecule has 0 spiro atoms. The van der Waals surface area contributed by atoms with E-state index in [0.29, 0.717) is 6.54 Å². The monoisotopic (exact) mass is 283 g/mol. The molecule has 0 aliphatic rings. The van der Waals surface area contributed by atoms with E-state index in [2.05, 4.69) is 15.3 Å². The van der Waals surface area contributed by atoms with Crippen molar-refractivity contribution < 1.29 is 4.92 Å². The SMILES string of the molecule is CCc1cccnc1CNc1nccc(C#N)c1[N+](=O)[O-]. The normalized spacial score (nSPS) is 9.90. The van der Waals surface area contributed by atoms with E-state index in [0.717, 1.165) is 17.7 Å². The van der Waals surface area contributed by atoms with Gasteiger partial charge in [0.1, 0.15) is 11.6 Å². The third-order valence-electron chi connectivity index (χ3n) is 3.02. The number of pyridine rings is 2. The second-order valence-corrected chi connectivity index (χ2v) is 4.24. The summed E-state index contributed by atoms with van der Waals surface area (Å²) in [4.78, 5) is 18.7. The van der Waals surface area contributed by atoms with Crippen LogP contribution in [0.3, 0.4) is 0 Å². The molecule has 0 unspecified atom stereocenters. The lowest BCUT2D eigenvalue weighted by atomic mass is 10.1. The number of nitro groups is 1. The fourth-order valence-electron chi connectivity index (χ4n) is 1.98. The third kappa shape index (κ3) is 3.12. The third-order valence-corrected chi connectivity index (χ3v) is 3.02. The van der Waals surface area contributed by atoms with E-state index in [-0.39, 0.29) is 17.1 Å². The lowest BCUT2D eigenvalue weighted by Crippen LogP contribution is -2.08. The number of hydrogen-bond donors (Lipinski definition) is 1. The summed E-state index contributed by atoms with van der Waals surface area (Å²) in [7, 11) is 0. The van der Waals surface area contributed by atoms with Crippen molar-refractivity contribution in [2.24, 2.45) is 0 Å². The lowest BCUT2D eigenvalue weighted by Gasteiger charge is -2.09. The van der Waals surface area contributed by atoms with Crippen molar-refractivity contribution in [3.63, 3.8) is 0 Å². The fraction of sp³-hybridized carbons (Fsp3) is 0.214. The van der Waals surface area contributed by atoms with Crippen LogP contribution in [-0.2, 0) is 13.0 Å². The standard InChI is InChI=1S/C14H13N5O2/c1-2-10-4-3-6-16-12(10)9-18-14-13(19(20)21)11(8-15)5-7-17-14/h3-7H,2,9H2,1H3,(H,17,18). The molecular weight excluding hydrogens is 270 g/mol. The van der Waals surface area contributed by atoms with Crippen LogP contribution >= 0.6 is 0 Å². The van der Waals surface area contributed by atoms with E-state index in [9.17, 15) is 10.1 Å². The molecule has 106 valence electrons. The zero-order valence-corrected chi connectivity index (χ0v) is 11.4. The molecule has 2 heterocycles. The smallest absolute Gasteiger partial charge is 0.328 e. The number of aromatic nitrogens is 2. The molecule has 2 aromatic rings. The Kier molecular flexibility index (Phi) is 4.41. The minimum atomic E-state index is -0.604. The zero-order chi connectivity index (χ0) is 15.2. The summed E-state index contributed by atoms with van der Waals surface area (Å²) in [6.07, 6.45) is 3.86. The minimum absolute atomic E-state index is 0.0192. The summed E-state index contributed by atoms with van der Waals surface area (Å²) in [6.45, 7) is 2.32. The maximum absolute atomic E-state index is 11.1. The predicted octanol–water partition coefficient (Wildman–Crippen LogP) is 2.43. The highest BCUT2D eigenvalue weighted by molar-refractivity contribution is 5.64. The molecule has 0 aromatic carbocycles. The summed E-state index contributed by atoms with van der Waals surface area (Å²) in [5.41, 5.74) is 1.53. The van der Waals surface area contributed by atoms with Gasteiger partial charge in [0.15, 0.2) is 0 Å². The van der Waals surface area contributed by atoms with Crippen LogP contribution in [-0.4, -0.2) is 14.9 Å². The minimum Gasteiger partial charge on any atom is -0.359 e. The Balaban J connectivity index is 2.29. The average Bonchev–Trinajstić information content (AvgIpc) is 2.52. The van der Waals surface area contributed by atoms with Crippen LogP contribution in [0.1, 0.15) is 23.7 Å². The van der Waals surface area contributed by atoms with Gasteiger partial charge in [-0.2, -0.15) is 5.26 Å². The van der Waals surface area contributed by atoms with Gasteiger partial charge < -0.3 is 5.32 Å². The molecule has 0 aliphatic carbocycles. The van der Waals surface area contributed by atoms with Gasteiger partial charge in [0.05, 0.1) is 17.2 Å². The highest BCUT2D eigenvalue weighted by atomic mass is 16.6. The van der Waals surface area contributed by atoms with Crippen LogP contribution < -0.4 is 5.32 Å². The highest BCUT2D eigenvalue weighted by Crippen LogP contribution is 2.26. The van der Waals surface area contributed by atoms with Gasteiger partial charge in [-0.3, -0.25) is 15.1 Å². The first kappa shape index (κ1) is 14.4. The van der Waals surface area contributed by atoms with Gasteiger partial charge >= 0.3 is 5.69 Å². The van der Waals surface area contributed by atoms with E-state index in [4.69, 9.17) is 5.26 Å². The summed E-state index contributed by atoms with van der Waals surface area (Å²) >= 11 is 0. The Bertz CT molecular complexity index is 709. The van der Waals surface area contributed by atoms with Crippen molar-refractivity contribution in [2.75, 3.05) is 5.32 Å². The maximum atomic E-state index is 11.1. The van der Waals surface area contributed by atoms with Crippen LogP contribution in [0.15, 0.2) is 30.6 Å². The summed E-state index contributed by atoms with van der Waals surface area (Å²) < 4.78 is 0. The molecule has 0 fully saturated rings. The molecule has 0 atom stereocenters. The molecule has 2 rings (SSSR count). The van der Waals surface area contributed by atoms with E-state index in [1.54, 1.807) is 12.3 Å². The second-order valence-electron chi connectivity index (χ2n) is 4.24. The number of rotatable bonds is 5. The first-order valence-electron chi connectivity index (χ1n) is 6.37.